The number of pyridine rings is 1. The van der Waals surface area contributed by atoms with Crippen molar-refractivity contribution in [2.45, 2.75) is 26.7 Å². The highest BCUT2D eigenvalue weighted by molar-refractivity contribution is 5.96. The number of nitrogens with zero attached hydrogens (tertiary/aromatic N) is 2. The molecule has 0 spiro atoms. The van der Waals surface area contributed by atoms with Crippen molar-refractivity contribution in [1.82, 2.24) is 9.88 Å². The molecule has 172 valence electrons. The van der Waals surface area contributed by atoms with E-state index in [0.29, 0.717) is 18.7 Å². The fourth-order valence-electron chi connectivity index (χ4n) is 2.71. The van der Waals surface area contributed by atoms with E-state index in [1.807, 2.05) is 26.0 Å². The molecule has 32 heavy (non-hydrogen) atoms. The molecule has 0 unspecified atom stereocenters. The van der Waals surface area contributed by atoms with Crippen molar-refractivity contribution in [3.05, 3.63) is 53.9 Å². The van der Waals surface area contributed by atoms with Gasteiger partial charge in [-0.1, -0.05) is 25.1 Å². The SMILES string of the molecule is CCCN(CC(=O)Nc1ccccc1C)C(=O)COC(=O)c1cncc(OCC(F)F)c1. The first kappa shape index (κ1) is 24.7. The molecular formula is C22H25F2N3O5. The topological polar surface area (TPSA) is 97.8 Å². The van der Waals surface area contributed by atoms with E-state index in [1.54, 1.807) is 12.1 Å². The molecule has 1 heterocycles. The number of amides is 2. The number of hydrogen-bond donors (Lipinski definition) is 1. The smallest absolute Gasteiger partial charge is 0.340 e. The first-order chi connectivity index (χ1) is 15.3. The molecule has 1 aromatic carbocycles. The van der Waals surface area contributed by atoms with Crippen molar-refractivity contribution < 1.29 is 32.6 Å². The van der Waals surface area contributed by atoms with E-state index in [2.05, 4.69) is 10.3 Å². The average Bonchev–Trinajstić information content (AvgIpc) is 2.77. The zero-order valence-electron chi connectivity index (χ0n) is 17.8. The summed E-state index contributed by atoms with van der Waals surface area (Å²) in [5, 5.41) is 2.75. The van der Waals surface area contributed by atoms with E-state index in [1.165, 1.54) is 23.4 Å². The number of nitrogens with one attached hydrogen (secondary N) is 1. The van der Waals surface area contributed by atoms with Crippen LogP contribution < -0.4 is 10.1 Å². The molecule has 0 saturated heterocycles. The lowest BCUT2D eigenvalue weighted by Crippen LogP contribution is -2.40. The zero-order chi connectivity index (χ0) is 23.5. The predicted octanol–water partition coefficient (Wildman–Crippen LogP) is 3.07. The van der Waals surface area contributed by atoms with Crippen LogP contribution in [0.25, 0.3) is 0 Å². The monoisotopic (exact) mass is 449 g/mol. The molecule has 2 aromatic rings. The minimum absolute atomic E-state index is 0.0217. The Labute approximate surface area is 184 Å². The van der Waals surface area contributed by atoms with Gasteiger partial charge in [-0.3, -0.25) is 14.6 Å². The number of aryl methyl sites for hydroxylation is 1. The van der Waals surface area contributed by atoms with Gasteiger partial charge in [-0.2, -0.15) is 0 Å². The van der Waals surface area contributed by atoms with Crippen LogP contribution in [0.1, 0.15) is 29.3 Å². The number of carbonyl (C=O) groups excluding carboxylic acids is 3. The Morgan fingerprint density at radius 1 is 1.19 bits per heavy atom. The summed E-state index contributed by atoms with van der Waals surface area (Å²) in [6, 6.07) is 8.45. The van der Waals surface area contributed by atoms with Crippen molar-refractivity contribution in [1.29, 1.82) is 0 Å². The summed E-state index contributed by atoms with van der Waals surface area (Å²) < 4.78 is 34.3. The van der Waals surface area contributed by atoms with Crippen molar-refractivity contribution in [3.8, 4) is 5.75 Å². The van der Waals surface area contributed by atoms with Gasteiger partial charge in [-0.15, -0.1) is 0 Å². The van der Waals surface area contributed by atoms with Gasteiger partial charge in [0.05, 0.1) is 18.3 Å². The number of hydrogen-bond acceptors (Lipinski definition) is 6. The highest BCUT2D eigenvalue weighted by Crippen LogP contribution is 2.14. The van der Waals surface area contributed by atoms with E-state index in [9.17, 15) is 23.2 Å². The zero-order valence-corrected chi connectivity index (χ0v) is 17.8. The lowest BCUT2D eigenvalue weighted by atomic mass is 10.2. The van der Waals surface area contributed by atoms with E-state index in [0.717, 1.165) is 5.56 Å². The van der Waals surface area contributed by atoms with Crippen molar-refractivity contribution >= 4 is 23.5 Å². The van der Waals surface area contributed by atoms with Crippen LogP contribution in [0.3, 0.4) is 0 Å². The van der Waals surface area contributed by atoms with Crippen LogP contribution in [0.2, 0.25) is 0 Å². The standard InChI is InChI=1S/C22H25F2N3O5/c1-3-8-27(12-20(28)26-18-7-5-4-6-15(18)2)21(29)14-32-22(30)16-9-17(11-25-10-16)31-13-19(23)24/h4-7,9-11,19H,3,8,12-14H2,1-2H3,(H,26,28). The third-order valence-corrected chi connectivity index (χ3v) is 4.25. The maximum absolute atomic E-state index is 12.5. The number of carbonyl (C=O) groups is 3. The number of alkyl halides is 2. The lowest BCUT2D eigenvalue weighted by molar-refractivity contribution is -0.137. The van der Waals surface area contributed by atoms with Crippen LogP contribution in [0.15, 0.2) is 42.7 Å². The van der Waals surface area contributed by atoms with Gasteiger partial charge in [0.1, 0.15) is 12.4 Å². The number of para-hydroxylation sites is 1. The molecule has 0 fully saturated rings. The number of benzene rings is 1. The first-order valence-corrected chi connectivity index (χ1v) is 9.96. The maximum Gasteiger partial charge on any atom is 0.340 e. The molecule has 0 saturated carbocycles. The Morgan fingerprint density at radius 2 is 1.94 bits per heavy atom. The van der Waals surface area contributed by atoms with Gasteiger partial charge in [0.25, 0.3) is 12.3 Å². The Bertz CT molecular complexity index is 939. The molecule has 0 aliphatic carbocycles. The lowest BCUT2D eigenvalue weighted by Gasteiger charge is -2.21. The number of aromatic nitrogens is 1. The highest BCUT2D eigenvalue weighted by Gasteiger charge is 2.19. The number of halogens is 2. The van der Waals surface area contributed by atoms with Crippen molar-refractivity contribution in [3.63, 3.8) is 0 Å². The van der Waals surface area contributed by atoms with Crippen LogP contribution in [-0.4, -0.2) is 60.4 Å². The summed E-state index contributed by atoms with van der Waals surface area (Å²) in [5.41, 5.74) is 1.48. The van der Waals surface area contributed by atoms with E-state index < -0.39 is 31.5 Å². The number of anilines is 1. The molecule has 0 bridgehead atoms. The summed E-state index contributed by atoms with van der Waals surface area (Å²) in [7, 11) is 0. The Balaban J connectivity index is 1.92. The van der Waals surface area contributed by atoms with Crippen LogP contribution >= 0.6 is 0 Å². The third kappa shape index (κ3) is 7.93. The number of ether oxygens (including phenoxy) is 2. The number of esters is 1. The van der Waals surface area contributed by atoms with Gasteiger partial charge >= 0.3 is 5.97 Å². The highest BCUT2D eigenvalue weighted by atomic mass is 19.3. The molecule has 0 atom stereocenters. The fourth-order valence-corrected chi connectivity index (χ4v) is 2.71. The average molecular weight is 449 g/mol. The summed E-state index contributed by atoms with van der Waals surface area (Å²) in [4.78, 5) is 42.1. The Kier molecular flexibility index (Phi) is 9.52. The molecular weight excluding hydrogens is 424 g/mol. The third-order valence-electron chi connectivity index (χ3n) is 4.25. The van der Waals surface area contributed by atoms with Gasteiger partial charge in [-0.25, -0.2) is 13.6 Å². The fraction of sp³-hybridized carbons (Fsp3) is 0.364. The predicted molar refractivity (Wildman–Crippen MR) is 113 cm³/mol. The van der Waals surface area contributed by atoms with E-state index in [4.69, 9.17) is 9.47 Å². The van der Waals surface area contributed by atoms with Gasteiger partial charge in [0.2, 0.25) is 5.91 Å². The molecule has 10 heteroatoms. The van der Waals surface area contributed by atoms with Crippen molar-refractivity contribution in [2.75, 3.05) is 31.6 Å². The summed E-state index contributed by atoms with van der Waals surface area (Å²) in [6.07, 6.45) is 0.280. The van der Waals surface area contributed by atoms with Crippen LogP contribution in [0.5, 0.6) is 5.75 Å². The maximum atomic E-state index is 12.5. The molecule has 1 aromatic heterocycles. The molecule has 2 amide bonds. The quantitative estimate of drug-likeness (QED) is 0.530. The minimum Gasteiger partial charge on any atom is -0.486 e. The van der Waals surface area contributed by atoms with Gasteiger partial charge in [0, 0.05) is 18.4 Å². The minimum atomic E-state index is -2.67. The Morgan fingerprint density at radius 3 is 2.62 bits per heavy atom. The van der Waals surface area contributed by atoms with Gasteiger partial charge < -0.3 is 19.7 Å². The summed E-state index contributed by atoms with van der Waals surface area (Å²) in [5.74, 6) is -1.81. The molecule has 1 N–H and O–H groups in total. The molecule has 8 nitrogen and oxygen atoms in total. The van der Waals surface area contributed by atoms with E-state index >= 15 is 0 Å². The molecule has 0 aliphatic rings. The molecule has 0 aliphatic heterocycles. The van der Waals surface area contributed by atoms with Crippen LogP contribution in [0.4, 0.5) is 14.5 Å². The molecule has 2 rings (SSSR count). The Hall–Kier alpha value is -3.56. The van der Waals surface area contributed by atoms with Crippen LogP contribution in [0, 0.1) is 6.92 Å². The largest absolute Gasteiger partial charge is 0.486 e. The van der Waals surface area contributed by atoms with E-state index in [-0.39, 0.29) is 23.8 Å². The molecule has 0 radical (unpaired) electrons. The number of rotatable bonds is 11. The van der Waals surface area contributed by atoms with Gasteiger partial charge in [0.15, 0.2) is 6.61 Å². The second-order valence-corrected chi connectivity index (χ2v) is 6.87. The van der Waals surface area contributed by atoms with Crippen molar-refractivity contribution in [2.24, 2.45) is 0 Å². The first-order valence-electron chi connectivity index (χ1n) is 9.96. The summed E-state index contributed by atoms with van der Waals surface area (Å²) >= 11 is 0. The normalized spacial score (nSPS) is 10.5. The van der Waals surface area contributed by atoms with Gasteiger partial charge in [-0.05, 0) is 31.0 Å². The summed E-state index contributed by atoms with van der Waals surface area (Å²) in [6.45, 7) is 2.38. The second kappa shape index (κ2) is 12.3. The van der Waals surface area contributed by atoms with Crippen LogP contribution in [-0.2, 0) is 14.3 Å². The second-order valence-electron chi connectivity index (χ2n) is 6.87.